The second-order valence-electron chi connectivity index (χ2n) is 4.36. The molecule has 1 aromatic carbocycles. The smallest absolute Gasteiger partial charge is 0.293 e. The number of anilines is 1. The summed E-state index contributed by atoms with van der Waals surface area (Å²) in [4.78, 5) is 16.2. The van der Waals surface area contributed by atoms with Crippen LogP contribution < -0.4 is 5.32 Å². The molecule has 2 rings (SSSR count). The zero-order valence-electron chi connectivity index (χ0n) is 11.1. The van der Waals surface area contributed by atoms with Gasteiger partial charge in [0.2, 0.25) is 5.76 Å². The van der Waals surface area contributed by atoms with Crippen molar-refractivity contribution in [3.8, 4) is 0 Å². The van der Waals surface area contributed by atoms with Crippen LogP contribution in [0.25, 0.3) is 0 Å². The van der Waals surface area contributed by atoms with Crippen molar-refractivity contribution in [2.45, 2.75) is 26.9 Å². The van der Waals surface area contributed by atoms with E-state index in [1.54, 1.807) is 39.0 Å². The minimum Gasteiger partial charge on any atom is -0.436 e. The molecule has 1 aromatic heterocycles. The molecule has 5 heteroatoms. The molecule has 1 heterocycles. The first kappa shape index (κ1) is 13.3. The molecule has 2 N–H and O–H groups in total. The van der Waals surface area contributed by atoms with Gasteiger partial charge in [0.05, 0.1) is 11.8 Å². The molecule has 0 aliphatic carbocycles. The number of nitrogens with zero attached hydrogens (tertiary/aromatic N) is 1. The summed E-state index contributed by atoms with van der Waals surface area (Å²) in [5.41, 5.74) is 1.77. The van der Waals surface area contributed by atoms with E-state index in [-0.39, 0.29) is 11.7 Å². The number of carbonyl (C=O) groups excluding carboxylic acids is 1. The van der Waals surface area contributed by atoms with E-state index in [2.05, 4.69) is 10.3 Å². The summed E-state index contributed by atoms with van der Waals surface area (Å²) in [6.07, 6.45) is -0.658. The summed E-state index contributed by atoms with van der Waals surface area (Å²) in [6, 6.07) is 7.10. The maximum absolute atomic E-state index is 12.1. The van der Waals surface area contributed by atoms with Crippen molar-refractivity contribution in [2.75, 3.05) is 5.32 Å². The predicted molar refractivity (Wildman–Crippen MR) is 71.0 cm³/mol. The molecule has 0 saturated heterocycles. The number of aliphatic hydroxyl groups is 1. The zero-order chi connectivity index (χ0) is 14.0. The molecule has 5 nitrogen and oxygen atoms in total. The molecule has 0 saturated carbocycles. The maximum Gasteiger partial charge on any atom is 0.293 e. The van der Waals surface area contributed by atoms with E-state index in [0.717, 1.165) is 0 Å². The SMILES string of the molecule is Cc1nc(C)c(C(=O)Nc2ccccc2C(C)O)o1. The number of aryl methyl sites for hydroxylation is 2. The summed E-state index contributed by atoms with van der Waals surface area (Å²) in [5, 5.41) is 12.4. The molecule has 2 aromatic rings. The van der Waals surface area contributed by atoms with Gasteiger partial charge in [-0.3, -0.25) is 4.79 Å². The highest BCUT2D eigenvalue weighted by molar-refractivity contribution is 6.03. The minimum atomic E-state index is -0.658. The van der Waals surface area contributed by atoms with Gasteiger partial charge in [-0.25, -0.2) is 4.98 Å². The van der Waals surface area contributed by atoms with Crippen LogP contribution in [0.3, 0.4) is 0 Å². The fourth-order valence-electron chi connectivity index (χ4n) is 1.90. The molecular formula is C14H16N2O3. The van der Waals surface area contributed by atoms with Crippen LogP contribution in [0.2, 0.25) is 0 Å². The molecule has 100 valence electrons. The average Bonchev–Trinajstić information content (AvgIpc) is 2.69. The number of aliphatic hydroxyl groups excluding tert-OH is 1. The van der Waals surface area contributed by atoms with E-state index >= 15 is 0 Å². The first-order valence-corrected chi connectivity index (χ1v) is 6.01. The standard InChI is InChI=1S/C14H16N2O3/c1-8-13(19-10(3)15-8)14(18)16-12-7-5-4-6-11(12)9(2)17/h4-7,9,17H,1-3H3,(H,16,18). The molecule has 0 spiro atoms. The molecule has 19 heavy (non-hydrogen) atoms. The third-order valence-electron chi connectivity index (χ3n) is 2.77. The Kier molecular flexibility index (Phi) is 3.66. The summed E-state index contributed by atoms with van der Waals surface area (Å²) < 4.78 is 5.26. The Hall–Kier alpha value is -2.14. The Morgan fingerprint density at radius 1 is 1.37 bits per heavy atom. The van der Waals surface area contributed by atoms with E-state index in [4.69, 9.17) is 4.42 Å². The monoisotopic (exact) mass is 260 g/mol. The molecule has 1 unspecified atom stereocenters. The summed E-state index contributed by atoms with van der Waals surface area (Å²) in [5.74, 6) is 0.274. The quantitative estimate of drug-likeness (QED) is 0.889. The molecular weight excluding hydrogens is 244 g/mol. The van der Waals surface area contributed by atoms with Crippen LogP contribution in [-0.2, 0) is 0 Å². The van der Waals surface area contributed by atoms with E-state index in [9.17, 15) is 9.90 Å². The molecule has 0 aliphatic heterocycles. The molecule has 0 bridgehead atoms. The molecule has 0 radical (unpaired) electrons. The predicted octanol–water partition coefficient (Wildman–Crippen LogP) is 2.60. The number of nitrogens with one attached hydrogen (secondary N) is 1. The number of rotatable bonds is 3. The third kappa shape index (κ3) is 2.82. The van der Waals surface area contributed by atoms with Gasteiger partial charge in [-0.05, 0) is 19.9 Å². The lowest BCUT2D eigenvalue weighted by Crippen LogP contribution is -2.14. The average molecular weight is 260 g/mol. The lowest BCUT2D eigenvalue weighted by Gasteiger charge is -2.12. The topological polar surface area (TPSA) is 75.4 Å². The molecule has 0 aliphatic rings. The largest absolute Gasteiger partial charge is 0.436 e. The first-order valence-electron chi connectivity index (χ1n) is 6.01. The zero-order valence-corrected chi connectivity index (χ0v) is 11.1. The number of para-hydroxylation sites is 1. The van der Waals surface area contributed by atoms with Gasteiger partial charge in [-0.2, -0.15) is 0 Å². The summed E-state index contributed by atoms with van der Waals surface area (Å²) in [6.45, 7) is 5.05. The number of hydrogen-bond donors (Lipinski definition) is 2. The van der Waals surface area contributed by atoms with Crippen molar-refractivity contribution < 1.29 is 14.3 Å². The highest BCUT2D eigenvalue weighted by Gasteiger charge is 2.17. The van der Waals surface area contributed by atoms with Crippen molar-refractivity contribution >= 4 is 11.6 Å². The highest BCUT2D eigenvalue weighted by Crippen LogP contribution is 2.23. The second-order valence-corrected chi connectivity index (χ2v) is 4.36. The van der Waals surface area contributed by atoms with E-state index in [0.29, 0.717) is 22.8 Å². The minimum absolute atomic E-state index is 0.192. The van der Waals surface area contributed by atoms with Crippen LogP contribution in [0.4, 0.5) is 5.69 Å². The fraction of sp³-hybridized carbons (Fsp3) is 0.286. The maximum atomic E-state index is 12.1. The van der Waals surface area contributed by atoms with Crippen LogP contribution in [0.5, 0.6) is 0 Å². The van der Waals surface area contributed by atoms with Crippen molar-refractivity contribution in [2.24, 2.45) is 0 Å². The van der Waals surface area contributed by atoms with Gasteiger partial charge in [-0.1, -0.05) is 18.2 Å². The number of oxazole rings is 1. The van der Waals surface area contributed by atoms with Gasteiger partial charge in [0.15, 0.2) is 5.89 Å². The number of benzene rings is 1. The van der Waals surface area contributed by atoms with Gasteiger partial charge < -0.3 is 14.8 Å². The number of carbonyl (C=O) groups is 1. The van der Waals surface area contributed by atoms with Gasteiger partial charge in [0, 0.05) is 18.2 Å². The lowest BCUT2D eigenvalue weighted by atomic mass is 10.1. The lowest BCUT2D eigenvalue weighted by molar-refractivity contribution is 0.0994. The third-order valence-corrected chi connectivity index (χ3v) is 2.77. The van der Waals surface area contributed by atoms with E-state index in [1.807, 2.05) is 6.07 Å². The molecule has 1 atom stereocenters. The number of aromatic nitrogens is 1. The van der Waals surface area contributed by atoms with Crippen molar-refractivity contribution in [1.29, 1.82) is 0 Å². The fourth-order valence-corrected chi connectivity index (χ4v) is 1.90. The van der Waals surface area contributed by atoms with Crippen LogP contribution in [-0.4, -0.2) is 16.0 Å². The van der Waals surface area contributed by atoms with Gasteiger partial charge in [0.25, 0.3) is 5.91 Å². The van der Waals surface area contributed by atoms with Crippen molar-refractivity contribution in [3.05, 3.63) is 47.2 Å². The van der Waals surface area contributed by atoms with Gasteiger partial charge >= 0.3 is 0 Å². The Morgan fingerprint density at radius 2 is 2.05 bits per heavy atom. The van der Waals surface area contributed by atoms with E-state index in [1.165, 1.54) is 0 Å². The normalized spacial score (nSPS) is 12.2. The van der Waals surface area contributed by atoms with Gasteiger partial charge in [0.1, 0.15) is 0 Å². The van der Waals surface area contributed by atoms with Crippen LogP contribution >= 0.6 is 0 Å². The first-order chi connectivity index (χ1) is 8.99. The second kappa shape index (κ2) is 5.24. The Bertz CT molecular complexity index is 602. The van der Waals surface area contributed by atoms with Crippen molar-refractivity contribution in [3.63, 3.8) is 0 Å². The number of amides is 1. The Balaban J connectivity index is 2.27. The van der Waals surface area contributed by atoms with Crippen LogP contribution in [0.15, 0.2) is 28.7 Å². The van der Waals surface area contributed by atoms with Crippen LogP contribution in [0, 0.1) is 13.8 Å². The van der Waals surface area contributed by atoms with Crippen LogP contribution in [0.1, 0.15) is 40.7 Å². The Morgan fingerprint density at radius 3 is 2.63 bits per heavy atom. The highest BCUT2D eigenvalue weighted by atomic mass is 16.4. The van der Waals surface area contributed by atoms with E-state index < -0.39 is 6.10 Å². The summed E-state index contributed by atoms with van der Waals surface area (Å²) >= 11 is 0. The summed E-state index contributed by atoms with van der Waals surface area (Å²) in [7, 11) is 0. The molecule has 1 amide bonds. The Labute approximate surface area is 111 Å². The van der Waals surface area contributed by atoms with Gasteiger partial charge in [-0.15, -0.1) is 0 Å². The molecule has 0 fully saturated rings. The van der Waals surface area contributed by atoms with Crippen molar-refractivity contribution in [1.82, 2.24) is 4.98 Å². The number of hydrogen-bond acceptors (Lipinski definition) is 4.